The number of hydrogen-bond donors (Lipinski definition) is 2. The van der Waals surface area contributed by atoms with Crippen molar-refractivity contribution < 1.29 is 14.3 Å². The van der Waals surface area contributed by atoms with Crippen LogP contribution in [0.25, 0.3) is 0 Å². The van der Waals surface area contributed by atoms with E-state index >= 15 is 0 Å². The zero-order chi connectivity index (χ0) is 18.1. The third-order valence-corrected chi connectivity index (χ3v) is 5.01. The lowest BCUT2D eigenvalue weighted by molar-refractivity contribution is 0.0672. The summed E-state index contributed by atoms with van der Waals surface area (Å²) in [4.78, 5) is 27.0. The van der Waals surface area contributed by atoms with Gasteiger partial charge in [-0.2, -0.15) is 0 Å². The fourth-order valence-electron chi connectivity index (χ4n) is 3.83. The molecule has 0 spiro atoms. The predicted octanol–water partition coefficient (Wildman–Crippen LogP) is 4.02. The lowest BCUT2D eigenvalue weighted by atomic mass is 9.96. The first-order valence-corrected chi connectivity index (χ1v) is 8.83. The Morgan fingerprint density at radius 1 is 1.15 bits per heavy atom. The van der Waals surface area contributed by atoms with Gasteiger partial charge < -0.3 is 20.3 Å². The van der Waals surface area contributed by atoms with Gasteiger partial charge in [0.05, 0.1) is 13.2 Å². The molecule has 2 N–H and O–H groups in total. The summed E-state index contributed by atoms with van der Waals surface area (Å²) >= 11 is 0. The first-order valence-electron chi connectivity index (χ1n) is 8.83. The van der Waals surface area contributed by atoms with Crippen LogP contribution in [-0.4, -0.2) is 30.5 Å². The monoisotopic (exact) mass is 351 g/mol. The molecule has 2 aromatic carbocycles. The molecule has 134 valence electrons. The van der Waals surface area contributed by atoms with E-state index in [0.717, 1.165) is 31.4 Å². The second-order valence-corrected chi connectivity index (χ2v) is 6.59. The molecule has 2 aliphatic heterocycles. The van der Waals surface area contributed by atoms with E-state index in [2.05, 4.69) is 10.6 Å². The molecule has 3 amide bonds. The van der Waals surface area contributed by atoms with E-state index in [-0.39, 0.29) is 18.0 Å². The third kappa shape index (κ3) is 2.87. The molecule has 0 radical (unpaired) electrons. The summed E-state index contributed by atoms with van der Waals surface area (Å²) in [5.41, 5.74) is 2.99. The van der Waals surface area contributed by atoms with E-state index in [1.807, 2.05) is 35.2 Å². The molecular weight excluding hydrogens is 330 g/mol. The number of amides is 3. The van der Waals surface area contributed by atoms with Gasteiger partial charge in [-0.1, -0.05) is 12.1 Å². The van der Waals surface area contributed by atoms with Crippen molar-refractivity contribution in [3.63, 3.8) is 0 Å². The van der Waals surface area contributed by atoms with Crippen LogP contribution < -0.4 is 15.4 Å². The summed E-state index contributed by atoms with van der Waals surface area (Å²) in [5.74, 6) is 0.744. The van der Waals surface area contributed by atoms with Gasteiger partial charge in [-0.05, 0) is 43.5 Å². The molecule has 0 aromatic heterocycles. The Hall–Kier alpha value is -3.02. The van der Waals surface area contributed by atoms with Crippen molar-refractivity contribution in [2.75, 3.05) is 24.3 Å². The van der Waals surface area contributed by atoms with Crippen molar-refractivity contribution >= 4 is 23.3 Å². The Morgan fingerprint density at radius 3 is 2.85 bits per heavy atom. The average molecular weight is 351 g/mol. The van der Waals surface area contributed by atoms with Gasteiger partial charge in [0.25, 0.3) is 5.91 Å². The van der Waals surface area contributed by atoms with Gasteiger partial charge in [-0.3, -0.25) is 4.79 Å². The van der Waals surface area contributed by atoms with Crippen LogP contribution >= 0.6 is 0 Å². The van der Waals surface area contributed by atoms with Gasteiger partial charge >= 0.3 is 6.03 Å². The van der Waals surface area contributed by atoms with Crippen molar-refractivity contribution in [3.05, 3.63) is 53.6 Å². The molecule has 4 rings (SSSR count). The van der Waals surface area contributed by atoms with E-state index in [1.165, 1.54) is 0 Å². The molecule has 1 atom stereocenters. The number of benzene rings is 2. The minimum atomic E-state index is -0.339. The van der Waals surface area contributed by atoms with Crippen LogP contribution in [0.15, 0.2) is 42.5 Å². The van der Waals surface area contributed by atoms with Crippen LogP contribution in [0, 0.1) is 0 Å². The number of carbonyl (C=O) groups is 2. The number of nitrogens with one attached hydrogen (secondary N) is 2. The van der Waals surface area contributed by atoms with Gasteiger partial charge in [-0.15, -0.1) is 0 Å². The summed E-state index contributed by atoms with van der Waals surface area (Å²) < 4.78 is 5.17. The van der Waals surface area contributed by atoms with Crippen LogP contribution in [0.1, 0.15) is 41.2 Å². The lowest BCUT2D eigenvalue weighted by Gasteiger charge is -2.30. The minimum Gasteiger partial charge on any atom is -0.497 e. The van der Waals surface area contributed by atoms with Crippen molar-refractivity contribution in [2.45, 2.75) is 25.3 Å². The second-order valence-electron chi connectivity index (χ2n) is 6.59. The quantitative estimate of drug-likeness (QED) is 0.877. The first kappa shape index (κ1) is 16.4. The minimum absolute atomic E-state index is 0.0690. The standard InChI is InChI=1S/C20H21N3O3/c1-26-14-7-4-6-13(12-14)21-20(25)22-16-9-5-8-15-18(16)17-10-2-3-11-23(17)19(15)24/h4-9,12,17H,2-3,10-11H2,1H3,(H2,21,22,25). The summed E-state index contributed by atoms with van der Waals surface area (Å²) in [7, 11) is 1.58. The number of hydrogen-bond acceptors (Lipinski definition) is 3. The smallest absolute Gasteiger partial charge is 0.323 e. The predicted molar refractivity (Wildman–Crippen MR) is 99.7 cm³/mol. The molecule has 0 bridgehead atoms. The topological polar surface area (TPSA) is 70.7 Å². The normalized spacial score (nSPS) is 18.1. The maximum atomic E-state index is 12.6. The molecule has 2 aromatic rings. The van der Waals surface area contributed by atoms with Crippen LogP contribution in [0.2, 0.25) is 0 Å². The maximum Gasteiger partial charge on any atom is 0.323 e. The van der Waals surface area contributed by atoms with E-state index in [4.69, 9.17) is 4.74 Å². The molecule has 0 saturated carbocycles. The van der Waals surface area contributed by atoms with Gasteiger partial charge in [0.1, 0.15) is 5.75 Å². The number of anilines is 2. The Bertz CT molecular complexity index is 865. The fraction of sp³-hybridized carbons (Fsp3) is 0.300. The van der Waals surface area contributed by atoms with Gasteiger partial charge in [0.2, 0.25) is 0 Å². The van der Waals surface area contributed by atoms with E-state index in [1.54, 1.807) is 19.2 Å². The van der Waals surface area contributed by atoms with E-state index < -0.39 is 0 Å². The molecule has 26 heavy (non-hydrogen) atoms. The maximum absolute atomic E-state index is 12.6. The molecular formula is C20H21N3O3. The molecule has 6 nitrogen and oxygen atoms in total. The highest BCUT2D eigenvalue weighted by molar-refractivity contribution is 6.05. The zero-order valence-electron chi connectivity index (χ0n) is 14.6. The van der Waals surface area contributed by atoms with Gasteiger partial charge in [-0.25, -0.2) is 4.79 Å². The number of piperidine rings is 1. The van der Waals surface area contributed by atoms with Crippen molar-refractivity contribution in [3.8, 4) is 5.75 Å². The SMILES string of the molecule is COc1cccc(NC(=O)Nc2cccc3c2C2CCCCN2C3=O)c1. The highest BCUT2D eigenvalue weighted by Crippen LogP contribution is 2.43. The summed E-state index contributed by atoms with van der Waals surface area (Å²) in [6.45, 7) is 0.785. The van der Waals surface area contributed by atoms with Crippen molar-refractivity contribution in [2.24, 2.45) is 0 Å². The highest BCUT2D eigenvalue weighted by Gasteiger charge is 2.39. The van der Waals surface area contributed by atoms with Crippen LogP contribution in [-0.2, 0) is 0 Å². The lowest BCUT2D eigenvalue weighted by Crippen LogP contribution is -2.32. The summed E-state index contributed by atoms with van der Waals surface area (Å²) in [6.07, 6.45) is 3.07. The number of methoxy groups -OCH3 is 1. The third-order valence-electron chi connectivity index (χ3n) is 5.01. The second kappa shape index (κ2) is 6.71. The summed E-state index contributed by atoms with van der Waals surface area (Å²) in [5, 5.41) is 5.72. The molecule has 2 heterocycles. The summed E-state index contributed by atoms with van der Waals surface area (Å²) in [6, 6.07) is 12.4. The Labute approximate surface area is 152 Å². The Kier molecular flexibility index (Phi) is 4.24. The Morgan fingerprint density at radius 2 is 2.00 bits per heavy atom. The van der Waals surface area contributed by atoms with Gasteiger partial charge in [0.15, 0.2) is 0 Å². The Balaban J connectivity index is 1.56. The van der Waals surface area contributed by atoms with E-state index in [9.17, 15) is 9.59 Å². The molecule has 1 fully saturated rings. The van der Waals surface area contributed by atoms with Crippen LogP contribution in [0.3, 0.4) is 0 Å². The largest absolute Gasteiger partial charge is 0.497 e. The number of rotatable bonds is 3. The fourth-order valence-corrected chi connectivity index (χ4v) is 3.83. The van der Waals surface area contributed by atoms with Crippen LogP contribution in [0.5, 0.6) is 5.75 Å². The number of ether oxygens (including phenoxy) is 1. The van der Waals surface area contributed by atoms with Crippen LogP contribution in [0.4, 0.5) is 16.2 Å². The number of carbonyl (C=O) groups excluding carboxylic acids is 2. The molecule has 1 unspecified atom stereocenters. The number of fused-ring (bicyclic) bond motifs is 3. The average Bonchev–Trinajstić information content (AvgIpc) is 2.96. The zero-order valence-corrected chi connectivity index (χ0v) is 14.6. The van der Waals surface area contributed by atoms with Crippen molar-refractivity contribution in [1.29, 1.82) is 0 Å². The molecule has 0 aliphatic carbocycles. The molecule has 1 saturated heterocycles. The first-order chi connectivity index (χ1) is 12.7. The number of urea groups is 1. The van der Waals surface area contributed by atoms with Crippen molar-refractivity contribution in [1.82, 2.24) is 4.90 Å². The van der Waals surface area contributed by atoms with E-state index in [0.29, 0.717) is 22.7 Å². The molecule has 6 heteroatoms. The number of nitrogens with zero attached hydrogens (tertiary/aromatic N) is 1. The molecule has 2 aliphatic rings. The van der Waals surface area contributed by atoms with Gasteiger partial charge in [0, 0.05) is 35.1 Å². The highest BCUT2D eigenvalue weighted by atomic mass is 16.5.